The molecule has 0 bridgehead atoms. The smallest absolute Gasteiger partial charge is 0.282 e. The highest BCUT2D eigenvalue weighted by molar-refractivity contribution is 7.15. The number of aromatic nitrogens is 2. The molecule has 34 heavy (non-hydrogen) atoms. The van der Waals surface area contributed by atoms with Crippen molar-refractivity contribution in [2.45, 2.75) is 76.0 Å². The number of amides is 1. The molecular weight excluding hydrogens is 483 g/mol. The molecule has 0 atom stereocenters. The Balaban J connectivity index is 1.05. The number of halogens is 3. The van der Waals surface area contributed by atoms with Crippen molar-refractivity contribution in [2.75, 3.05) is 31.1 Å². The Morgan fingerprint density at radius 3 is 2.68 bits per heavy atom. The number of carbonyl (C=O) groups excluding carboxylic acids is 1. The predicted molar refractivity (Wildman–Crippen MR) is 128 cm³/mol. The number of fused-ring (bicyclic) bond motifs is 1. The fraction of sp³-hybridized carbons (Fsp3) is 0.696. The van der Waals surface area contributed by atoms with Crippen LogP contribution in [0.15, 0.2) is 6.20 Å². The summed E-state index contributed by atoms with van der Waals surface area (Å²) in [4.78, 5) is 27.1. The van der Waals surface area contributed by atoms with Crippen molar-refractivity contribution in [3.63, 3.8) is 0 Å². The van der Waals surface area contributed by atoms with Crippen molar-refractivity contribution in [3.8, 4) is 0 Å². The lowest BCUT2D eigenvalue weighted by molar-refractivity contribution is -0.121. The minimum absolute atomic E-state index is 0.0197. The monoisotopic (exact) mass is 513 g/mol. The van der Waals surface area contributed by atoms with E-state index in [4.69, 9.17) is 0 Å². The van der Waals surface area contributed by atoms with Crippen molar-refractivity contribution in [1.82, 2.24) is 20.2 Å². The van der Waals surface area contributed by atoms with Gasteiger partial charge in [-0.1, -0.05) is 0 Å². The molecular formula is C23H30F3N5OS2. The molecule has 2 aromatic rings. The highest BCUT2D eigenvalue weighted by atomic mass is 32.1. The van der Waals surface area contributed by atoms with Gasteiger partial charge >= 0.3 is 0 Å². The van der Waals surface area contributed by atoms with E-state index in [-0.39, 0.29) is 25.0 Å². The summed E-state index contributed by atoms with van der Waals surface area (Å²) in [6.07, 6.45) is 5.61. The summed E-state index contributed by atoms with van der Waals surface area (Å²) in [6, 6.07) is 0.0326. The summed E-state index contributed by atoms with van der Waals surface area (Å²) in [6.45, 7) is 3.58. The molecule has 0 spiro atoms. The molecule has 1 aliphatic carbocycles. The highest BCUT2D eigenvalue weighted by Crippen LogP contribution is 2.38. The van der Waals surface area contributed by atoms with Crippen LogP contribution in [0.3, 0.4) is 0 Å². The fourth-order valence-electron chi connectivity index (χ4n) is 5.02. The number of rotatable bonds is 7. The van der Waals surface area contributed by atoms with Crippen molar-refractivity contribution in [1.29, 1.82) is 0 Å². The zero-order chi connectivity index (χ0) is 23.9. The molecule has 5 rings (SSSR count). The molecule has 6 nitrogen and oxygen atoms in total. The third kappa shape index (κ3) is 5.57. The molecule has 2 fully saturated rings. The summed E-state index contributed by atoms with van der Waals surface area (Å²) in [5.74, 6) is -2.62. The van der Waals surface area contributed by atoms with Crippen LogP contribution < -0.4 is 10.2 Å². The van der Waals surface area contributed by atoms with E-state index in [1.165, 1.54) is 27.6 Å². The van der Waals surface area contributed by atoms with Gasteiger partial charge in [0.25, 0.3) is 5.92 Å². The van der Waals surface area contributed by atoms with Gasteiger partial charge < -0.3 is 10.2 Å². The summed E-state index contributed by atoms with van der Waals surface area (Å²) in [7, 11) is 0. The zero-order valence-corrected chi connectivity index (χ0v) is 20.9. The minimum atomic E-state index is -2.60. The minimum Gasteiger partial charge on any atom is -0.353 e. The fourth-order valence-corrected chi connectivity index (χ4v) is 6.87. The van der Waals surface area contributed by atoms with Gasteiger partial charge in [0.2, 0.25) is 5.91 Å². The molecule has 1 N–H and O–H groups in total. The standard InChI is InChI=1S/C23H30F3N5OS2/c1-15-27-11-17(33-15)10-20(32)28-16-2-5-22(24,6-3-16)7-9-30-8-4-19-18(12-30)29-21(34-19)31-13-23(25,26)14-31/h11,16H,2-10,12-14H2,1H3,(H,28,32). The maximum Gasteiger partial charge on any atom is 0.282 e. The average molecular weight is 514 g/mol. The van der Waals surface area contributed by atoms with Gasteiger partial charge in [0.1, 0.15) is 5.67 Å². The summed E-state index contributed by atoms with van der Waals surface area (Å²) >= 11 is 3.04. The normalized spacial score (nSPS) is 26.7. The first kappa shape index (κ1) is 24.0. The first-order valence-corrected chi connectivity index (χ1v) is 13.5. The molecule has 2 aromatic heterocycles. The molecule has 11 heteroatoms. The van der Waals surface area contributed by atoms with E-state index in [2.05, 4.69) is 20.2 Å². The Kier molecular flexibility index (Phi) is 6.62. The first-order chi connectivity index (χ1) is 16.2. The Labute approximate surface area is 205 Å². The van der Waals surface area contributed by atoms with Crippen LogP contribution in [0.5, 0.6) is 0 Å². The van der Waals surface area contributed by atoms with Gasteiger partial charge in [0.15, 0.2) is 5.13 Å². The quantitative estimate of drug-likeness (QED) is 0.604. The zero-order valence-electron chi connectivity index (χ0n) is 19.3. The van der Waals surface area contributed by atoms with Crippen LogP contribution in [-0.2, 0) is 24.2 Å². The molecule has 1 saturated heterocycles. The number of alkyl halides is 3. The molecule has 0 unspecified atom stereocenters. The lowest BCUT2D eigenvalue weighted by atomic mass is 9.81. The molecule has 186 valence electrons. The molecule has 3 aliphatic rings. The Morgan fingerprint density at radius 1 is 1.24 bits per heavy atom. The van der Waals surface area contributed by atoms with Gasteiger partial charge in [-0.2, -0.15) is 0 Å². The maximum atomic E-state index is 15.5. The molecule has 0 aromatic carbocycles. The number of aryl methyl sites for hydroxylation is 1. The first-order valence-electron chi connectivity index (χ1n) is 11.9. The molecule has 2 aliphatic heterocycles. The number of hydrogen-bond donors (Lipinski definition) is 1. The van der Waals surface area contributed by atoms with Gasteiger partial charge in [-0.15, -0.1) is 22.7 Å². The summed E-state index contributed by atoms with van der Waals surface area (Å²) in [5, 5.41) is 4.70. The average Bonchev–Trinajstić information content (AvgIpc) is 3.37. The number of nitrogens with zero attached hydrogens (tertiary/aromatic N) is 4. The summed E-state index contributed by atoms with van der Waals surface area (Å²) in [5.41, 5.74) is -0.246. The third-order valence-corrected chi connectivity index (χ3v) is 9.17. The Morgan fingerprint density at radius 2 is 2.00 bits per heavy atom. The van der Waals surface area contributed by atoms with Gasteiger partial charge in [-0.25, -0.2) is 23.1 Å². The second-order valence-corrected chi connectivity index (χ2v) is 12.3. The number of nitrogens with one attached hydrogen (secondary N) is 1. The molecule has 1 saturated carbocycles. The van der Waals surface area contributed by atoms with Crippen molar-refractivity contribution < 1.29 is 18.0 Å². The molecule has 0 radical (unpaired) electrons. The van der Waals surface area contributed by atoms with E-state index >= 15 is 4.39 Å². The van der Waals surface area contributed by atoms with E-state index in [0.29, 0.717) is 56.7 Å². The van der Waals surface area contributed by atoms with Crippen LogP contribution in [-0.4, -0.2) is 64.6 Å². The molecule has 1 amide bonds. The topological polar surface area (TPSA) is 61.4 Å². The number of anilines is 1. The number of hydrogen-bond acceptors (Lipinski definition) is 7. The second kappa shape index (κ2) is 9.39. The second-order valence-electron chi connectivity index (χ2n) is 9.87. The van der Waals surface area contributed by atoms with Gasteiger partial charge in [0.05, 0.1) is 30.2 Å². The van der Waals surface area contributed by atoms with E-state index in [1.807, 2.05) is 6.92 Å². The van der Waals surface area contributed by atoms with Crippen LogP contribution in [0, 0.1) is 6.92 Å². The van der Waals surface area contributed by atoms with Crippen LogP contribution in [0.1, 0.15) is 52.6 Å². The molecule has 4 heterocycles. The van der Waals surface area contributed by atoms with E-state index in [0.717, 1.165) is 28.5 Å². The Bertz CT molecular complexity index is 1030. The van der Waals surface area contributed by atoms with Crippen LogP contribution >= 0.6 is 22.7 Å². The van der Waals surface area contributed by atoms with E-state index in [1.54, 1.807) is 11.1 Å². The van der Waals surface area contributed by atoms with Gasteiger partial charge in [-0.05, 0) is 45.4 Å². The maximum absolute atomic E-state index is 15.5. The number of thiazole rings is 2. The summed E-state index contributed by atoms with van der Waals surface area (Å²) < 4.78 is 41.8. The predicted octanol–water partition coefficient (Wildman–Crippen LogP) is 4.12. The van der Waals surface area contributed by atoms with Crippen LogP contribution in [0.25, 0.3) is 0 Å². The van der Waals surface area contributed by atoms with Gasteiger partial charge in [0, 0.05) is 41.6 Å². The van der Waals surface area contributed by atoms with E-state index < -0.39 is 11.6 Å². The number of carbonyl (C=O) groups is 1. The Hall–Kier alpha value is -1.72. The van der Waals surface area contributed by atoms with Crippen LogP contribution in [0.4, 0.5) is 18.3 Å². The third-order valence-electron chi connectivity index (χ3n) is 7.04. The lowest BCUT2D eigenvalue weighted by Gasteiger charge is -2.38. The highest BCUT2D eigenvalue weighted by Gasteiger charge is 2.45. The SMILES string of the molecule is Cc1ncc(CC(=O)NC2CCC(F)(CCN3CCc4sc(N5CC(F)(F)C5)nc4C3)CC2)s1. The van der Waals surface area contributed by atoms with Crippen LogP contribution in [0.2, 0.25) is 0 Å². The van der Waals surface area contributed by atoms with Crippen molar-refractivity contribution >= 4 is 33.7 Å². The van der Waals surface area contributed by atoms with Crippen molar-refractivity contribution in [3.05, 3.63) is 26.7 Å². The van der Waals surface area contributed by atoms with Gasteiger partial charge in [-0.3, -0.25) is 9.69 Å². The van der Waals surface area contributed by atoms with E-state index in [9.17, 15) is 13.6 Å². The lowest BCUT2D eigenvalue weighted by Crippen LogP contribution is -2.56. The largest absolute Gasteiger partial charge is 0.353 e. The van der Waals surface area contributed by atoms with Crippen molar-refractivity contribution in [2.24, 2.45) is 0 Å².